The average molecular weight is 660 g/mol. The molecule has 1 N–H and O–H groups in total. The van der Waals surface area contributed by atoms with Crippen molar-refractivity contribution in [3.63, 3.8) is 0 Å². The first-order valence-electron chi connectivity index (χ1n) is 18.2. The lowest BCUT2D eigenvalue weighted by atomic mass is 9.69. The highest BCUT2D eigenvalue weighted by atomic mass is 16.3. The molecule has 1 heterocycles. The van der Waals surface area contributed by atoms with Crippen LogP contribution in [0.1, 0.15) is 74.9 Å². The Morgan fingerprint density at radius 1 is 0.490 bits per heavy atom. The average Bonchev–Trinajstić information content (AvgIpc) is 3.75. The number of hydrogen-bond donors (Lipinski definition) is 1. The quantitative estimate of drug-likeness (QED) is 0.200. The van der Waals surface area contributed by atoms with Gasteiger partial charge in [0.25, 0.3) is 0 Å². The Bertz CT molecular complexity index is 2680. The Hall–Kier alpha value is -5.60. The summed E-state index contributed by atoms with van der Waals surface area (Å²) in [5.41, 5.74) is 16.8. The maximum Gasteiger partial charge on any atom is 0.158 e. The molecular weight excluding hydrogens is 619 g/mol. The normalized spacial score (nSPS) is 14.2. The Morgan fingerprint density at radius 3 is 1.82 bits per heavy atom. The van der Waals surface area contributed by atoms with Gasteiger partial charge in [-0.2, -0.15) is 0 Å². The van der Waals surface area contributed by atoms with Crippen LogP contribution < -0.4 is 5.32 Å². The first-order chi connectivity index (χ1) is 24.5. The van der Waals surface area contributed by atoms with Crippen LogP contribution in [0.25, 0.3) is 55.0 Å². The van der Waals surface area contributed by atoms with Gasteiger partial charge in [-0.3, -0.25) is 0 Å². The highest BCUT2D eigenvalue weighted by Gasteiger charge is 2.52. The summed E-state index contributed by atoms with van der Waals surface area (Å²) in [5, 5.41) is 8.65. The van der Waals surface area contributed by atoms with Crippen molar-refractivity contribution in [1.29, 1.82) is 0 Å². The van der Waals surface area contributed by atoms with E-state index in [9.17, 15) is 0 Å². The molecule has 51 heavy (non-hydrogen) atoms. The summed E-state index contributed by atoms with van der Waals surface area (Å²) in [6.07, 6.45) is 0. The fourth-order valence-corrected chi connectivity index (χ4v) is 9.08. The fourth-order valence-electron chi connectivity index (χ4n) is 9.08. The molecule has 2 nitrogen and oxygen atoms in total. The summed E-state index contributed by atoms with van der Waals surface area (Å²) in [6.45, 7) is 13.9. The summed E-state index contributed by atoms with van der Waals surface area (Å²) in [4.78, 5) is 0. The number of rotatable bonds is 2. The zero-order chi connectivity index (χ0) is 34.9. The van der Waals surface area contributed by atoms with E-state index in [1.54, 1.807) is 0 Å². The first-order valence-corrected chi connectivity index (χ1v) is 18.2. The van der Waals surface area contributed by atoms with Gasteiger partial charge in [-0.25, -0.2) is 0 Å². The van der Waals surface area contributed by atoms with Gasteiger partial charge in [0.2, 0.25) is 0 Å². The van der Waals surface area contributed by atoms with Crippen LogP contribution in [0.2, 0.25) is 0 Å². The highest BCUT2D eigenvalue weighted by Crippen LogP contribution is 2.64. The second-order valence-corrected chi connectivity index (χ2v) is 16.6. The van der Waals surface area contributed by atoms with Crippen LogP contribution in [0, 0.1) is 0 Å². The Labute approximate surface area is 299 Å². The molecule has 0 saturated heterocycles. The van der Waals surface area contributed by atoms with Crippen molar-refractivity contribution in [3.05, 3.63) is 167 Å². The van der Waals surface area contributed by atoms with Crippen LogP contribution in [0.15, 0.2) is 138 Å². The second-order valence-electron chi connectivity index (χ2n) is 16.6. The number of furan rings is 1. The summed E-state index contributed by atoms with van der Waals surface area (Å²) in [6, 6.07) is 49.7. The largest absolute Gasteiger partial charge is 0.454 e. The molecule has 10 rings (SSSR count). The van der Waals surface area contributed by atoms with Gasteiger partial charge in [0.1, 0.15) is 5.58 Å². The molecule has 1 spiro atoms. The smallest absolute Gasteiger partial charge is 0.158 e. The lowest BCUT2D eigenvalue weighted by Crippen LogP contribution is -2.27. The van der Waals surface area contributed by atoms with Gasteiger partial charge in [-0.15, -0.1) is 0 Å². The lowest BCUT2D eigenvalue weighted by Gasteiger charge is -2.33. The van der Waals surface area contributed by atoms with E-state index in [1.807, 2.05) is 0 Å². The van der Waals surface area contributed by atoms with E-state index < -0.39 is 5.41 Å². The molecule has 0 bridgehead atoms. The van der Waals surface area contributed by atoms with Crippen molar-refractivity contribution >= 4 is 44.1 Å². The van der Waals surface area contributed by atoms with Crippen molar-refractivity contribution in [2.24, 2.45) is 0 Å². The minimum Gasteiger partial charge on any atom is -0.454 e. The maximum absolute atomic E-state index is 6.67. The summed E-state index contributed by atoms with van der Waals surface area (Å²) < 4.78 is 6.67. The van der Waals surface area contributed by atoms with E-state index >= 15 is 0 Å². The molecule has 0 fully saturated rings. The minimum atomic E-state index is -0.443. The molecule has 0 aliphatic heterocycles. The van der Waals surface area contributed by atoms with Gasteiger partial charge in [0, 0.05) is 22.0 Å². The standard InChI is InChI=1S/C49H41NO/c1-47(2,3)30-22-24-33-34-25-23-31(48(4,5)6)28-40(34)49(39(33)27-30)37-17-10-9-15-35(37)45-38(49)18-12-19-41(45)50-42-20-11-16-36-44-32-14-8-7-13-29(32)21-26-43(44)51-46(36)42/h7-28,50H,1-6H3. The highest BCUT2D eigenvalue weighted by molar-refractivity contribution is 6.20. The van der Waals surface area contributed by atoms with Crippen molar-refractivity contribution in [2.75, 3.05) is 5.32 Å². The van der Waals surface area contributed by atoms with E-state index in [4.69, 9.17) is 4.42 Å². The summed E-state index contributed by atoms with van der Waals surface area (Å²) >= 11 is 0. The number of para-hydroxylation sites is 1. The van der Waals surface area contributed by atoms with Gasteiger partial charge >= 0.3 is 0 Å². The van der Waals surface area contributed by atoms with E-state index in [-0.39, 0.29) is 10.8 Å². The molecule has 2 aliphatic rings. The number of fused-ring (bicyclic) bond motifs is 15. The van der Waals surface area contributed by atoms with E-state index in [2.05, 4.69) is 180 Å². The van der Waals surface area contributed by atoms with Crippen LogP contribution in [0.5, 0.6) is 0 Å². The van der Waals surface area contributed by atoms with Gasteiger partial charge in [0.15, 0.2) is 5.58 Å². The van der Waals surface area contributed by atoms with Crippen LogP contribution >= 0.6 is 0 Å². The predicted octanol–water partition coefficient (Wildman–Crippen LogP) is 13.4. The fraction of sp³-hybridized carbons (Fsp3) is 0.184. The molecule has 7 aromatic carbocycles. The first kappa shape index (κ1) is 30.2. The summed E-state index contributed by atoms with van der Waals surface area (Å²) in [5.74, 6) is 0. The van der Waals surface area contributed by atoms with Crippen LogP contribution in [-0.2, 0) is 16.2 Å². The zero-order valence-corrected chi connectivity index (χ0v) is 30.1. The maximum atomic E-state index is 6.67. The Balaban J connectivity index is 1.24. The molecule has 2 heteroatoms. The van der Waals surface area contributed by atoms with Gasteiger partial charge < -0.3 is 9.73 Å². The van der Waals surface area contributed by atoms with Crippen molar-refractivity contribution in [1.82, 2.24) is 0 Å². The lowest BCUT2D eigenvalue weighted by molar-refractivity contribution is 0.586. The number of benzene rings is 7. The van der Waals surface area contributed by atoms with Crippen LogP contribution in [0.4, 0.5) is 11.4 Å². The molecule has 0 amide bonds. The molecule has 1 aromatic heterocycles. The summed E-state index contributed by atoms with van der Waals surface area (Å²) in [7, 11) is 0. The van der Waals surface area contributed by atoms with Gasteiger partial charge in [-0.05, 0) is 89.9 Å². The third-order valence-electron chi connectivity index (χ3n) is 11.6. The van der Waals surface area contributed by atoms with E-state index in [0.717, 1.165) is 33.3 Å². The number of nitrogens with one attached hydrogen (secondary N) is 1. The Morgan fingerprint density at radius 2 is 1.10 bits per heavy atom. The van der Waals surface area contributed by atoms with E-state index in [0.29, 0.717) is 0 Å². The van der Waals surface area contributed by atoms with Gasteiger partial charge in [0.05, 0.1) is 11.1 Å². The van der Waals surface area contributed by atoms with Crippen LogP contribution in [0.3, 0.4) is 0 Å². The van der Waals surface area contributed by atoms with Crippen molar-refractivity contribution in [2.45, 2.75) is 57.8 Å². The monoisotopic (exact) mass is 659 g/mol. The predicted molar refractivity (Wildman–Crippen MR) is 215 cm³/mol. The zero-order valence-electron chi connectivity index (χ0n) is 30.1. The van der Waals surface area contributed by atoms with Crippen molar-refractivity contribution in [3.8, 4) is 22.3 Å². The van der Waals surface area contributed by atoms with Gasteiger partial charge in [-0.1, -0.05) is 157 Å². The number of anilines is 2. The molecule has 8 aromatic rings. The molecule has 248 valence electrons. The van der Waals surface area contributed by atoms with E-state index in [1.165, 1.54) is 66.4 Å². The molecular formula is C49H41NO. The van der Waals surface area contributed by atoms with Crippen molar-refractivity contribution < 1.29 is 4.42 Å². The Kier molecular flexibility index (Phi) is 6.07. The SMILES string of the molecule is CC(C)(C)c1ccc2c(c1)C1(c3cc(C(C)(C)C)ccc3-2)c2ccccc2-c2c(Nc3cccc4c3oc3ccc5ccccc5c34)cccc21. The molecule has 0 atom stereocenters. The van der Waals surface area contributed by atoms with Crippen LogP contribution in [-0.4, -0.2) is 0 Å². The third kappa shape index (κ3) is 4.11. The second kappa shape index (κ2) is 10.2. The third-order valence-corrected chi connectivity index (χ3v) is 11.6. The molecule has 2 aliphatic carbocycles. The topological polar surface area (TPSA) is 25.2 Å². The number of hydrogen-bond acceptors (Lipinski definition) is 2. The molecule has 0 saturated carbocycles. The molecule has 0 radical (unpaired) electrons. The molecule has 0 unspecified atom stereocenters. The minimum absolute atomic E-state index is 0.0164.